The molecule has 1 aromatic carbocycles. The Hall–Kier alpha value is -0.960. The highest BCUT2D eigenvalue weighted by atomic mass is 32.1. The van der Waals surface area contributed by atoms with Crippen LogP contribution in [0.5, 0.6) is 0 Å². The van der Waals surface area contributed by atoms with E-state index in [1.54, 1.807) is 13.0 Å². The van der Waals surface area contributed by atoms with Gasteiger partial charge >= 0.3 is 0 Å². The summed E-state index contributed by atoms with van der Waals surface area (Å²) >= 11 is 1.04. The Bertz CT molecular complexity index is 392. The highest BCUT2D eigenvalue weighted by Gasteiger charge is 2.04. The second kappa shape index (κ2) is 2.52. The highest BCUT2D eigenvalue weighted by molar-refractivity contribution is 7.17. The predicted molar refractivity (Wildman–Crippen MR) is 46.5 cm³/mol. The Balaban J connectivity index is 2.83. The molecule has 0 unspecified atom stereocenters. The Morgan fingerprint density at radius 3 is 2.67 bits per heavy atom. The molecule has 0 fully saturated rings. The first-order valence-corrected chi connectivity index (χ1v) is 4.33. The molecule has 0 bridgehead atoms. The van der Waals surface area contributed by atoms with Gasteiger partial charge in [-0.1, -0.05) is 0 Å². The van der Waals surface area contributed by atoms with Gasteiger partial charge in [-0.15, -0.1) is 11.3 Å². The fraction of sp³-hybridized carbons (Fsp3) is 0.111. The minimum absolute atomic E-state index is 0.269. The number of benzene rings is 1. The molecule has 0 atom stereocenters. The van der Waals surface area contributed by atoms with Crippen molar-refractivity contribution in [1.29, 1.82) is 0 Å². The fourth-order valence-electron chi connectivity index (χ4n) is 1.13. The minimum Gasteiger partial charge on any atom is -0.207 e. The van der Waals surface area contributed by atoms with Gasteiger partial charge in [0.1, 0.15) is 5.82 Å². The lowest BCUT2D eigenvalue weighted by Gasteiger charge is -1.94. The van der Waals surface area contributed by atoms with E-state index < -0.39 is 0 Å². The van der Waals surface area contributed by atoms with E-state index in [4.69, 9.17) is 0 Å². The summed E-state index contributed by atoms with van der Waals surface area (Å²) < 4.78 is 26.4. The van der Waals surface area contributed by atoms with Crippen molar-refractivity contribution in [2.45, 2.75) is 6.92 Å². The fourth-order valence-corrected chi connectivity index (χ4v) is 2.00. The van der Waals surface area contributed by atoms with Crippen molar-refractivity contribution in [3.63, 3.8) is 0 Å². The van der Waals surface area contributed by atoms with Crippen LogP contribution in [-0.4, -0.2) is 0 Å². The average molecular weight is 184 g/mol. The molecule has 62 valence electrons. The third kappa shape index (κ3) is 1.10. The second-order valence-corrected chi connectivity index (χ2v) is 3.72. The normalized spacial score (nSPS) is 10.9. The lowest BCUT2D eigenvalue weighted by molar-refractivity contribution is 0.620. The predicted octanol–water partition coefficient (Wildman–Crippen LogP) is 3.49. The molecule has 0 N–H and O–H groups in total. The highest BCUT2D eigenvalue weighted by Crippen LogP contribution is 2.26. The summed E-state index contributed by atoms with van der Waals surface area (Å²) in [7, 11) is 0. The number of hydrogen-bond acceptors (Lipinski definition) is 1. The van der Waals surface area contributed by atoms with E-state index in [0.717, 1.165) is 16.0 Å². The zero-order valence-corrected chi connectivity index (χ0v) is 7.21. The molecule has 1 heterocycles. The molecule has 3 heteroatoms. The van der Waals surface area contributed by atoms with E-state index in [1.165, 1.54) is 12.1 Å². The van der Waals surface area contributed by atoms with Crippen LogP contribution in [0.2, 0.25) is 0 Å². The van der Waals surface area contributed by atoms with Crippen molar-refractivity contribution in [2.24, 2.45) is 0 Å². The van der Waals surface area contributed by atoms with Crippen molar-refractivity contribution in [3.8, 4) is 0 Å². The smallest absolute Gasteiger partial charge is 0.177 e. The minimum atomic E-state index is -0.277. The lowest BCUT2D eigenvalue weighted by Crippen LogP contribution is -1.78. The van der Waals surface area contributed by atoms with Gasteiger partial charge in [-0.2, -0.15) is 4.39 Å². The molecule has 0 aliphatic carbocycles. The van der Waals surface area contributed by atoms with Crippen molar-refractivity contribution in [1.82, 2.24) is 0 Å². The van der Waals surface area contributed by atoms with Gasteiger partial charge in [0.05, 0.1) is 0 Å². The first-order valence-electron chi connectivity index (χ1n) is 3.52. The maximum atomic E-state index is 12.9. The van der Waals surface area contributed by atoms with Gasteiger partial charge in [0.25, 0.3) is 0 Å². The molecule has 1 aromatic heterocycles. The topological polar surface area (TPSA) is 0 Å². The largest absolute Gasteiger partial charge is 0.207 e. The van der Waals surface area contributed by atoms with Crippen molar-refractivity contribution < 1.29 is 8.78 Å². The molecular formula is C9H6F2S. The number of fused-ring (bicyclic) bond motifs is 1. The maximum Gasteiger partial charge on any atom is 0.177 e. The van der Waals surface area contributed by atoms with E-state index in [0.29, 0.717) is 10.9 Å². The Kier molecular flexibility index (Phi) is 1.61. The van der Waals surface area contributed by atoms with Crippen LogP contribution in [0.1, 0.15) is 5.56 Å². The van der Waals surface area contributed by atoms with Crippen molar-refractivity contribution >= 4 is 21.4 Å². The SMILES string of the molecule is Cc1cc2sc(F)cc2cc1F. The molecule has 0 nitrogen and oxygen atoms in total. The van der Waals surface area contributed by atoms with Crippen LogP contribution >= 0.6 is 11.3 Å². The number of thiophene rings is 1. The molecular weight excluding hydrogens is 178 g/mol. The zero-order chi connectivity index (χ0) is 8.72. The molecule has 0 spiro atoms. The zero-order valence-electron chi connectivity index (χ0n) is 6.40. The number of halogens is 2. The van der Waals surface area contributed by atoms with E-state index in [2.05, 4.69) is 0 Å². The molecule has 2 aromatic rings. The van der Waals surface area contributed by atoms with Crippen LogP contribution in [0.25, 0.3) is 10.1 Å². The van der Waals surface area contributed by atoms with Gasteiger partial charge < -0.3 is 0 Å². The summed E-state index contributed by atoms with van der Waals surface area (Å²) in [5.74, 6) is -0.277. The number of aryl methyl sites for hydroxylation is 1. The molecule has 0 aliphatic heterocycles. The quantitative estimate of drug-likeness (QED) is 0.588. The summed E-state index contributed by atoms with van der Waals surface area (Å²) in [5.41, 5.74) is 0.560. The summed E-state index contributed by atoms with van der Waals surface area (Å²) in [4.78, 5) is 0. The molecule has 12 heavy (non-hydrogen) atoms. The van der Waals surface area contributed by atoms with Gasteiger partial charge in [-0.3, -0.25) is 0 Å². The molecule has 0 saturated carbocycles. The molecule has 0 aliphatic rings. The van der Waals surface area contributed by atoms with Gasteiger partial charge in [0.15, 0.2) is 5.13 Å². The first kappa shape index (κ1) is 7.68. The third-order valence-corrected chi connectivity index (χ3v) is 2.65. The van der Waals surface area contributed by atoms with Crippen LogP contribution in [0.15, 0.2) is 18.2 Å². The Morgan fingerprint density at radius 1 is 1.17 bits per heavy atom. The van der Waals surface area contributed by atoms with Crippen LogP contribution in [0.4, 0.5) is 8.78 Å². The average Bonchev–Trinajstić information content (AvgIpc) is 2.30. The standard InChI is InChI=1S/C9H6F2S/c1-5-2-8-6(3-7(5)10)4-9(11)12-8/h2-4H,1H3. The Labute approximate surface area is 72.4 Å². The Morgan fingerprint density at radius 2 is 1.92 bits per heavy atom. The molecule has 0 radical (unpaired) electrons. The van der Waals surface area contributed by atoms with Crippen molar-refractivity contribution in [2.75, 3.05) is 0 Å². The van der Waals surface area contributed by atoms with Crippen LogP contribution in [0, 0.1) is 17.9 Å². The number of hydrogen-bond donors (Lipinski definition) is 0. The third-order valence-electron chi connectivity index (χ3n) is 1.77. The number of rotatable bonds is 0. The molecule has 0 saturated heterocycles. The molecule has 0 amide bonds. The summed E-state index contributed by atoms with van der Waals surface area (Å²) in [6.45, 7) is 1.67. The summed E-state index contributed by atoms with van der Waals surface area (Å²) in [6, 6.07) is 4.38. The van der Waals surface area contributed by atoms with Gasteiger partial charge in [-0.25, -0.2) is 4.39 Å². The summed E-state index contributed by atoms with van der Waals surface area (Å²) in [6.07, 6.45) is 0. The van der Waals surface area contributed by atoms with E-state index in [1.807, 2.05) is 0 Å². The van der Waals surface area contributed by atoms with Crippen LogP contribution < -0.4 is 0 Å². The van der Waals surface area contributed by atoms with Crippen LogP contribution in [-0.2, 0) is 0 Å². The van der Waals surface area contributed by atoms with E-state index in [9.17, 15) is 8.78 Å². The lowest BCUT2D eigenvalue weighted by atomic mass is 10.2. The van der Waals surface area contributed by atoms with Gasteiger partial charge in [0, 0.05) is 4.70 Å². The van der Waals surface area contributed by atoms with Gasteiger partial charge in [-0.05, 0) is 36.1 Å². The maximum absolute atomic E-state index is 12.9. The van der Waals surface area contributed by atoms with Crippen molar-refractivity contribution in [3.05, 3.63) is 34.7 Å². The van der Waals surface area contributed by atoms with E-state index in [-0.39, 0.29) is 10.9 Å². The monoisotopic (exact) mass is 184 g/mol. The van der Waals surface area contributed by atoms with E-state index >= 15 is 0 Å². The summed E-state index contributed by atoms with van der Waals surface area (Å²) in [5, 5.41) is 0.371. The first-order chi connectivity index (χ1) is 5.66. The van der Waals surface area contributed by atoms with Crippen LogP contribution in [0.3, 0.4) is 0 Å². The molecule has 2 rings (SSSR count). The second-order valence-electron chi connectivity index (χ2n) is 2.69. The van der Waals surface area contributed by atoms with Gasteiger partial charge in [0.2, 0.25) is 0 Å².